The number of rotatable bonds is 3. The molecule has 1 atom stereocenters. The Morgan fingerprint density at radius 3 is 2.94 bits per heavy atom. The average molecular weight is 265 g/mol. The number of amidine groups is 1. The first-order chi connectivity index (χ1) is 8.60. The van der Waals surface area contributed by atoms with Gasteiger partial charge in [0.05, 0.1) is 16.7 Å². The lowest BCUT2D eigenvalue weighted by molar-refractivity contribution is -0.384. The number of non-ortho nitro benzene ring substituents is 1. The molecule has 0 saturated heterocycles. The smallest absolute Gasteiger partial charge is 0.269 e. The Kier molecular flexibility index (Phi) is 3.61. The highest BCUT2D eigenvalue weighted by molar-refractivity contribution is 8.15. The summed E-state index contributed by atoms with van der Waals surface area (Å²) in [4.78, 5) is 25.0. The van der Waals surface area contributed by atoms with Gasteiger partial charge in [0.25, 0.3) is 5.69 Å². The monoisotopic (exact) mass is 265 g/mol. The van der Waals surface area contributed by atoms with Gasteiger partial charge in [-0.1, -0.05) is 11.8 Å². The molecule has 1 aliphatic rings. The zero-order chi connectivity index (χ0) is 13.1. The number of hydrogen-bond acceptors (Lipinski definition) is 6. The molecule has 6 nitrogen and oxygen atoms in total. The third kappa shape index (κ3) is 2.67. The third-order valence-electron chi connectivity index (χ3n) is 2.49. The molecule has 18 heavy (non-hydrogen) atoms. The number of nitro groups is 1. The summed E-state index contributed by atoms with van der Waals surface area (Å²) in [5.41, 5.74) is 1.59. The number of carbonyl (C=O) groups excluding carboxylic acids is 1. The molecule has 1 unspecified atom stereocenters. The maximum absolute atomic E-state index is 10.6. The number of benzene rings is 1. The van der Waals surface area contributed by atoms with Gasteiger partial charge in [-0.05, 0) is 18.6 Å². The second-order valence-electron chi connectivity index (χ2n) is 3.82. The fourth-order valence-electron chi connectivity index (χ4n) is 1.55. The van der Waals surface area contributed by atoms with Gasteiger partial charge in [-0.25, -0.2) is 0 Å². The molecule has 1 aromatic rings. The normalized spacial score (nSPS) is 18.3. The zero-order valence-corrected chi connectivity index (χ0v) is 10.4. The van der Waals surface area contributed by atoms with Crippen LogP contribution in [0.5, 0.6) is 0 Å². The van der Waals surface area contributed by atoms with Crippen molar-refractivity contribution in [1.29, 1.82) is 0 Å². The van der Waals surface area contributed by atoms with Crippen LogP contribution in [0.2, 0.25) is 0 Å². The average Bonchev–Trinajstić information content (AvgIpc) is 2.79. The van der Waals surface area contributed by atoms with Crippen LogP contribution in [0.25, 0.3) is 0 Å². The van der Waals surface area contributed by atoms with E-state index in [-0.39, 0.29) is 10.9 Å². The Bertz CT molecular complexity index is 530. The Morgan fingerprint density at radius 1 is 1.61 bits per heavy atom. The molecule has 2 rings (SSSR count). The van der Waals surface area contributed by atoms with Crippen molar-refractivity contribution in [3.8, 4) is 0 Å². The van der Waals surface area contributed by atoms with Crippen molar-refractivity contribution in [2.45, 2.75) is 12.2 Å². The summed E-state index contributed by atoms with van der Waals surface area (Å²) in [6, 6.07) is 4.58. The van der Waals surface area contributed by atoms with Crippen molar-refractivity contribution < 1.29 is 9.72 Å². The van der Waals surface area contributed by atoms with E-state index in [1.165, 1.54) is 23.9 Å². The van der Waals surface area contributed by atoms with Crippen molar-refractivity contribution in [1.82, 2.24) is 0 Å². The number of hydrogen-bond donors (Lipinski definition) is 1. The summed E-state index contributed by atoms with van der Waals surface area (Å²) in [6.45, 7) is 2.26. The molecule has 1 heterocycles. The number of nitrogens with one attached hydrogen (secondary N) is 1. The number of aliphatic imine (C=N–C) groups is 1. The number of anilines is 1. The topological polar surface area (TPSA) is 84.6 Å². The summed E-state index contributed by atoms with van der Waals surface area (Å²) >= 11 is 1.36. The molecule has 7 heteroatoms. The van der Waals surface area contributed by atoms with E-state index in [1.54, 1.807) is 13.0 Å². The molecule has 0 saturated carbocycles. The van der Waals surface area contributed by atoms with E-state index >= 15 is 0 Å². The van der Waals surface area contributed by atoms with Gasteiger partial charge < -0.3 is 10.1 Å². The zero-order valence-electron chi connectivity index (χ0n) is 9.62. The van der Waals surface area contributed by atoms with Crippen LogP contribution in [0.3, 0.4) is 0 Å². The summed E-state index contributed by atoms with van der Waals surface area (Å²) < 4.78 is 0. The Balaban J connectivity index is 2.11. The van der Waals surface area contributed by atoms with Crippen molar-refractivity contribution in [3.05, 3.63) is 33.9 Å². The predicted molar refractivity (Wildman–Crippen MR) is 71.2 cm³/mol. The SMILES string of the molecule is Cc1cc([N+](=O)[O-])ccc1NC1=NCC(C=O)S1. The van der Waals surface area contributed by atoms with Crippen LogP contribution in [0, 0.1) is 17.0 Å². The first-order valence-corrected chi connectivity index (χ1v) is 6.16. The van der Waals surface area contributed by atoms with Gasteiger partial charge in [0.2, 0.25) is 0 Å². The summed E-state index contributed by atoms with van der Waals surface area (Å²) in [5, 5.41) is 14.2. The maximum Gasteiger partial charge on any atom is 0.269 e. The molecule has 0 bridgehead atoms. The van der Waals surface area contributed by atoms with Gasteiger partial charge in [0, 0.05) is 17.8 Å². The second kappa shape index (κ2) is 5.18. The molecule has 1 aromatic carbocycles. The van der Waals surface area contributed by atoms with E-state index < -0.39 is 4.92 Å². The van der Waals surface area contributed by atoms with E-state index in [9.17, 15) is 14.9 Å². The van der Waals surface area contributed by atoms with Gasteiger partial charge in [0.15, 0.2) is 5.17 Å². The molecule has 1 aliphatic heterocycles. The maximum atomic E-state index is 10.6. The molecule has 0 aromatic heterocycles. The van der Waals surface area contributed by atoms with Gasteiger partial charge in [-0.2, -0.15) is 0 Å². The van der Waals surface area contributed by atoms with Crippen LogP contribution in [0.15, 0.2) is 23.2 Å². The number of aryl methyl sites for hydroxylation is 1. The second-order valence-corrected chi connectivity index (χ2v) is 5.05. The lowest BCUT2D eigenvalue weighted by Gasteiger charge is -2.08. The molecular weight excluding hydrogens is 254 g/mol. The minimum Gasteiger partial charge on any atom is -0.335 e. The molecular formula is C11H11N3O3S. The summed E-state index contributed by atoms with van der Waals surface area (Å²) in [5.74, 6) is 0. The standard InChI is InChI=1S/C11H11N3O3S/c1-7-4-8(14(16)17)2-3-10(7)13-11-12-5-9(6-15)18-11/h2-4,6,9H,5H2,1H3,(H,12,13). The molecule has 94 valence electrons. The number of carbonyl (C=O) groups is 1. The van der Waals surface area contributed by atoms with Crippen molar-refractivity contribution in [2.24, 2.45) is 4.99 Å². The first-order valence-electron chi connectivity index (χ1n) is 5.28. The number of aldehydes is 1. The Labute approximate surface area is 108 Å². The number of nitrogens with zero attached hydrogens (tertiary/aromatic N) is 2. The molecule has 0 fully saturated rings. The molecule has 0 radical (unpaired) electrons. The van der Waals surface area contributed by atoms with E-state index in [2.05, 4.69) is 10.3 Å². The van der Waals surface area contributed by atoms with Gasteiger partial charge in [0.1, 0.15) is 6.29 Å². The van der Waals surface area contributed by atoms with E-state index in [0.717, 1.165) is 17.5 Å². The quantitative estimate of drug-likeness (QED) is 0.513. The lowest BCUT2D eigenvalue weighted by Crippen LogP contribution is -2.09. The van der Waals surface area contributed by atoms with E-state index in [1.807, 2.05) is 0 Å². The summed E-state index contributed by atoms with van der Waals surface area (Å²) in [7, 11) is 0. The van der Waals surface area contributed by atoms with Crippen molar-refractivity contribution in [2.75, 3.05) is 11.9 Å². The summed E-state index contributed by atoms with van der Waals surface area (Å²) in [6.07, 6.45) is 0.867. The first kappa shape index (κ1) is 12.6. The molecule has 1 N–H and O–H groups in total. The van der Waals surface area contributed by atoms with Crippen LogP contribution < -0.4 is 5.32 Å². The Morgan fingerprint density at radius 2 is 2.39 bits per heavy atom. The van der Waals surface area contributed by atoms with Crippen LogP contribution in [-0.2, 0) is 4.79 Å². The highest BCUT2D eigenvalue weighted by Crippen LogP contribution is 2.25. The molecule has 0 spiro atoms. The van der Waals surface area contributed by atoms with Crippen molar-refractivity contribution >= 4 is 34.6 Å². The highest BCUT2D eigenvalue weighted by Gasteiger charge is 2.19. The number of thioether (sulfide) groups is 1. The highest BCUT2D eigenvalue weighted by atomic mass is 32.2. The lowest BCUT2D eigenvalue weighted by atomic mass is 10.2. The van der Waals surface area contributed by atoms with Crippen LogP contribution >= 0.6 is 11.8 Å². The van der Waals surface area contributed by atoms with Crippen LogP contribution in [0.1, 0.15) is 5.56 Å². The Hall–Kier alpha value is -1.89. The molecule has 0 amide bonds. The van der Waals surface area contributed by atoms with E-state index in [4.69, 9.17) is 0 Å². The molecule has 0 aliphatic carbocycles. The van der Waals surface area contributed by atoms with Crippen LogP contribution in [0.4, 0.5) is 11.4 Å². The van der Waals surface area contributed by atoms with E-state index in [0.29, 0.717) is 11.7 Å². The van der Waals surface area contributed by atoms with Gasteiger partial charge in [-0.3, -0.25) is 15.1 Å². The minimum absolute atomic E-state index is 0.0600. The fraction of sp³-hybridized carbons (Fsp3) is 0.273. The predicted octanol–water partition coefficient (Wildman–Crippen LogP) is 1.99. The number of nitro benzene ring substituents is 1. The van der Waals surface area contributed by atoms with Gasteiger partial charge in [-0.15, -0.1) is 0 Å². The van der Waals surface area contributed by atoms with Gasteiger partial charge >= 0.3 is 0 Å². The largest absolute Gasteiger partial charge is 0.335 e. The van der Waals surface area contributed by atoms with Crippen LogP contribution in [-0.4, -0.2) is 28.2 Å². The third-order valence-corrected chi connectivity index (χ3v) is 3.51. The van der Waals surface area contributed by atoms with Crippen molar-refractivity contribution in [3.63, 3.8) is 0 Å². The minimum atomic E-state index is -0.430. The fourth-order valence-corrected chi connectivity index (χ4v) is 2.36.